The number of hydrazone groups is 1. The van der Waals surface area contributed by atoms with Gasteiger partial charge in [0.05, 0.1) is 18.9 Å². The molecule has 0 bridgehead atoms. The van der Waals surface area contributed by atoms with Crippen LogP contribution in [0.4, 0.5) is 0 Å². The van der Waals surface area contributed by atoms with E-state index in [9.17, 15) is 5.11 Å². The van der Waals surface area contributed by atoms with Crippen molar-refractivity contribution in [3.63, 3.8) is 0 Å². The number of hydrogen-bond acceptors (Lipinski definition) is 4. The molecule has 1 aromatic rings. The Kier molecular flexibility index (Phi) is 5.82. The Balaban J connectivity index is 2.41. The summed E-state index contributed by atoms with van der Waals surface area (Å²) in [6.07, 6.45) is 4.05. The predicted molar refractivity (Wildman–Crippen MR) is 105 cm³/mol. The fourth-order valence-electron chi connectivity index (χ4n) is 3.23. The van der Waals surface area contributed by atoms with Gasteiger partial charge in [-0.1, -0.05) is 47.6 Å². The molecule has 1 aliphatic rings. The second-order valence-electron chi connectivity index (χ2n) is 9.12. The first kappa shape index (κ1) is 19.8. The van der Waals surface area contributed by atoms with E-state index in [-0.39, 0.29) is 10.8 Å². The largest absolute Gasteiger partial charge is 0.507 e. The Bertz CT molecular complexity index is 624. The van der Waals surface area contributed by atoms with Crippen LogP contribution in [0, 0.1) is 0 Å². The van der Waals surface area contributed by atoms with E-state index in [1.807, 2.05) is 6.21 Å². The number of nitrogens with zero attached hydrogens (tertiary/aromatic N) is 2. The third-order valence-corrected chi connectivity index (χ3v) is 4.86. The Morgan fingerprint density at radius 3 is 2.44 bits per heavy atom. The van der Waals surface area contributed by atoms with Gasteiger partial charge >= 0.3 is 0 Å². The summed E-state index contributed by atoms with van der Waals surface area (Å²) in [5, 5.41) is 17.6. The molecule has 140 valence electrons. The summed E-state index contributed by atoms with van der Waals surface area (Å²) in [5.74, 6) is 0.340. The first-order valence-corrected chi connectivity index (χ1v) is 9.21. The quantitative estimate of drug-likeness (QED) is 0.820. The van der Waals surface area contributed by atoms with Crippen LogP contribution in [0.1, 0.15) is 71.1 Å². The Morgan fingerprint density at radius 2 is 1.88 bits per heavy atom. The molecule has 2 rings (SSSR count). The lowest BCUT2D eigenvalue weighted by Gasteiger charge is -2.27. The van der Waals surface area contributed by atoms with E-state index in [1.165, 1.54) is 5.56 Å². The lowest BCUT2D eigenvalue weighted by atomic mass is 9.79. The molecule has 1 aliphatic heterocycles. The second kappa shape index (κ2) is 7.36. The highest BCUT2D eigenvalue weighted by Gasteiger charge is 2.25. The molecule has 1 atom stereocenters. The topological polar surface area (TPSA) is 45.1 Å². The number of hydrogen-bond donors (Lipinski definition) is 1. The normalized spacial score (nSPS) is 19.2. The number of methoxy groups -OCH3 is 1. The van der Waals surface area contributed by atoms with Crippen molar-refractivity contribution in [2.75, 3.05) is 20.3 Å². The van der Waals surface area contributed by atoms with Crippen LogP contribution in [0.15, 0.2) is 17.2 Å². The van der Waals surface area contributed by atoms with Gasteiger partial charge in [0.2, 0.25) is 0 Å². The summed E-state index contributed by atoms with van der Waals surface area (Å²) >= 11 is 0. The maximum Gasteiger partial charge on any atom is 0.128 e. The van der Waals surface area contributed by atoms with Crippen LogP contribution in [0.3, 0.4) is 0 Å². The fourth-order valence-corrected chi connectivity index (χ4v) is 3.23. The molecule has 1 aromatic carbocycles. The molecule has 0 aromatic heterocycles. The van der Waals surface area contributed by atoms with Gasteiger partial charge in [0, 0.05) is 24.8 Å². The molecule has 4 nitrogen and oxygen atoms in total. The molecule has 0 radical (unpaired) electrons. The molecule has 0 unspecified atom stereocenters. The first-order valence-electron chi connectivity index (χ1n) is 9.21. The van der Waals surface area contributed by atoms with Gasteiger partial charge in [0.15, 0.2) is 0 Å². The molecular weight excluding hydrogens is 312 g/mol. The van der Waals surface area contributed by atoms with Gasteiger partial charge in [0.25, 0.3) is 0 Å². The van der Waals surface area contributed by atoms with E-state index in [0.717, 1.165) is 30.5 Å². The molecule has 1 heterocycles. The third-order valence-electron chi connectivity index (χ3n) is 4.86. The molecule has 0 spiro atoms. The summed E-state index contributed by atoms with van der Waals surface area (Å²) in [6.45, 7) is 14.6. The van der Waals surface area contributed by atoms with Crippen molar-refractivity contribution in [3.8, 4) is 5.75 Å². The van der Waals surface area contributed by atoms with E-state index in [2.05, 4.69) is 63.8 Å². The minimum absolute atomic E-state index is 0.0164. The fraction of sp³-hybridized carbons (Fsp3) is 0.667. The molecular formula is C21H34N2O2. The maximum atomic E-state index is 10.8. The molecule has 1 fully saturated rings. The average molecular weight is 347 g/mol. The molecule has 1 N–H and O–H groups in total. The monoisotopic (exact) mass is 346 g/mol. The minimum Gasteiger partial charge on any atom is -0.507 e. The van der Waals surface area contributed by atoms with Crippen molar-refractivity contribution in [1.29, 1.82) is 0 Å². The zero-order chi connectivity index (χ0) is 18.8. The summed E-state index contributed by atoms with van der Waals surface area (Å²) in [7, 11) is 1.73. The summed E-state index contributed by atoms with van der Waals surface area (Å²) in [5.41, 5.74) is 2.87. The third kappa shape index (κ3) is 4.75. The van der Waals surface area contributed by atoms with Crippen LogP contribution in [-0.2, 0) is 15.6 Å². The van der Waals surface area contributed by atoms with Crippen molar-refractivity contribution >= 4 is 6.21 Å². The van der Waals surface area contributed by atoms with Gasteiger partial charge in [-0.3, -0.25) is 5.01 Å². The number of aromatic hydroxyl groups is 1. The molecule has 1 saturated heterocycles. The van der Waals surface area contributed by atoms with E-state index in [4.69, 9.17) is 4.74 Å². The first-order chi connectivity index (χ1) is 11.5. The van der Waals surface area contributed by atoms with Crippen molar-refractivity contribution in [1.82, 2.24) is 5.01 Å². The van der Waals surface area contributed by atoms with Crippen LogP contribution in [0.5, 0.6) is 5.75 Å². The Hall–Kier alpha value is -1.55. The second-order valence-corrected chi connectivity index (χ2v) is 9.12. The van der Waals surface area contributed by atoms with Gasteiger partial charge in [0.1, 0.15) is 5.75 Å². The predicted octanol–water partition coefficient (Wildman–Crippen LogP) is 4.43. The summed E-state index contributed by atoms with van der Waals surface area (Å²) in [6, 6.07) is 4.53. The smallest absolute Gasteiger partial charge is 0.128 e. The number of phenols is 1. The standard InChI is InChI=1S/C21H34N2O2/c1-20(2,3)16-11-15(19(24)18(12-16)21(4,5)6)13-22-23-10-8-9-17(23)14-25-7/h11-13,17,24H,8-10,14H2,1-7H3/b22-13+/t17-/m0/s1. The molecule has 0 saturated carbocycles. The van der Waals surface area contributed by atoms with Gasteiger partial charge in [-0.15, -0.1) is 0 Å². The number of phenolic OH excluding ortho intramolecular Hbond substituents is 1. The van der Waals surface area contributed by atoms with Crippen LogP contribution >= 0.6 is 0 Å². The van der Waals surface area contributed by atoms with Crippen LogP contribution < -0.4 is 0 Å². The SMILES string of the molecule is COC[C@@H]1CCCN1/N=C/c1cc(C(C)(C)C)cc(C(C)(C)C)c1O. The van der Waals surface area contributed by atoms with E-state index in [0.29, 0.717) is 18.4 Å². The van der Waals surface area contributed by atoms with Gasteiger partial charge in [-0.25, -0.2) is 0 Å². The number of benzene rings is 1. The zero-order valence-corrected chi connectivity index (χ0v) is 16.9. The van der Waals surface area contributed by atoms with Crippen molar-refractivity contribution < 1.29 is 9.84 Å². The van der Waals surface area contributed by atoms with E-state index < -0.39 is 0 Å². The molecule has 0 amide bonds. The van der Waals surface area contributed by atoms with Crippen LogP contribution in [0.2, 0.25) is 0 Å². The van der Waals surface area contributed by atoms with Gasteiger partial charge < -0.3 is 9.84 Å². The van der Waals surface area contributed by atoms with Crippen molar-refractivity contribution in [2.45, 2.75) is 71.3 Å². The highest BCUT2D eigenvalue weighted by atomic mass is 16.5. The van der Waals surface area contributed by atoms with E-state index in [1.54, 1.807) is 7.11 Å². The van der Waals surface area contributed by atoms with Crippen LogP contribution in [-0.4, -0.2) is 42.6 Å². The zero-order valence-electron chi connectivity index (χ0n) is 16.9. The van der Waals surface area contributed by atoms with Gasteiger partial charge in [-0.2, -0.15) is 5.10 Å². The molecule has 25 heavy (non-hydrogen) atoms. The maximum absolute atomic E-state index is 10.8. The lowest BCUT2D eigenvalue weighted by molar-refractivity contribution is 0.118. The highest BCUT2D eigenvalue weighted by molar-refractivity contribution is 5.84. The minimum atomic E-state index is -0.125. The lowest BCUT2D eigenvalue weighted by Crippen LogP contribution is -2.28. The highest BCUT2D eigenvalue weighted by Crippen LogP contribution is 2.37. The van der Waals surface area contributed by atoms with Gasteiger partial charge in [-0.05, 0) is 35.3 Å². The number of ether oxygens (including phenoxy) is 1. The Labute approximate surface area is 152 Å². The van der Waals surface area contributed by atoms with E-state index >= 15 is 0 Å². The number of rotatable bonds is 4. The average Bonchev–Trinajstić information content (AvgIpc) is 2.91. The molecule has 0 aliphatic carbocycles. The van der Waals surface area contributed by atoms with Crippen molar-refractivity contribution in [2.24, 2.45) is 5.10 Å². The van der Waals surface area contributed by atoms with Crippen LogP contribution in [0.25, 0.3) is 0 Å². The summed E-state index contributed by atoms with van der Waals surface area (Å²) in [4.78, 5) is 0. The summed E-state index contributed by atoms with van der Waals surface area (Å²) < 4.78 is 5.29. The molecule has 4 heteroatoms. The van der Waals surface area contributed by atoms with Crippen molar-refractivity contribution in [3.05, 3.63) is 28.8 Å². The Morgan fingerprint density at radius 1 is 1.20 bits per heavy atom.